The molecule has 0 radical (unpaired) electrons. The van der Waals surface area contributed by atoms with E-state index in [1.165, 1.54) is 0 Å². The molecule has 2 aromatic rings. The smallest absolute Gasteiger partial charge is 0.326 e. The van der Waals surface area contributed by atoms with Gasteiger partial charge < -0.3 is 15.4 Å². The fraction of sp³-hybridized carbons (Fsp3) is 0.500. The number of H-pyrrole nitrogens is 1. The van der Waals surface area contributed by atoms with E-state index in [0.717, 1.165) is 23.0 Å². The highest BCUT2D eigenvalue weighted by Crippen LogP contribution is 2.29. The number of aromatic amines is 1. The first-order chi connectivity index (χ1) is 9.08. The van der Waals surface area contributed by atoms with Crippen LogP contribution >= 0.6 is 12.4 Å². The summed E-state index contributed by atoms with van der Waals surface area (Å²) >= 11 is 0. The van der Waals surface area contributed by atoms with Crippen LogP contribution in [0.3, 0.4) is 0 Å². The third-order valence-electron chi connectivity index (χ3n) is 3.73. The molecular weight excluding hydrogens is 278 g/mol. The third kappa shape index (κ3) is 2.37. The third-order valence-corrected chi connectivity index (χ3v) is 3.73. The van der Waals surface area contributed by atoms with Crippen LogP contribution in [-0.4, -0.2) is 26.7 Å². The molecule has 0 amide bonds. The first-order valence-corrected chi connectivity index (χ1v) is 6.73. The van der Waals surface area contributed by atoms with Crippen LogP contribution in [-0.2, 0) is 6.54 Å². The number of aliphatic hydroxyl groups is 1. The van der Waals surface area contributed by atoms with Gasteiger partial charge in [0.2, 0.25) is 0 Å². The summed E-state index contributed by atoms with van der Waals surface area (Å²) in [5.41, 5.74) is 2.37. The van der Waals surface area contributed by atoms with Crippen LogP contribution in [0.2, 0.25) is 0 Å². The molecule has 6 heteroatoms. The zero-order valence-electron chi connectivity index (χ0n) is 11.6. The molecule has 5 nitrogen and oxygen atoms in total. The van der Waals surface area contributed by atoms with Gasteiger partial charge in [0.1, 0.15) is 0 Å². The van der Waals surface area contributed by atoms with E-state index in [2.05, 4.69) is 24.1 Å². The van der Waals surface area contributed by atoms with E-state index in [-0.39, 0.29) is 24.1 Å². The van der Waals surface area contributed by atoms with Crippen LogP contribution in [0.5, 0.6) is 0 Å². The Kier molecular flexibility index (Phi) is 4.22. The average Bonchev–Trinajstić information content (AvgIpc) is 2.61. The Morgan fingerprint density at radius 2 is 2.20 bits per heavy atom. The maximum atomic E-state index is 11.9. The second-order valence-electron chi connectivity index (χ2n) is 5.49. The molecule has 0 spiro atoms. The molecule has 1 aliphatic rings. The Balaban J connectivity index is 0.00000147. The van der Waals surface area contributed by atoms with E-state index >= 15 is 0 Å². The summed E-state index contributed by atoms with van der Waals surface area (Å²) in [7, 11) is 0. The molecule has 0 bridgehead atoms. The van der Waals surface area contributed by atoms with Gasteiger partial charge in [0.05, 0.1) is 17.1 Å². The molecule has 2 atom stereocenters. The van der Waals surface area contributed by atoms with Gasteiger partial charge in [-0.05, 0) is 12.5 Å². The molecule has 0 saturated carbocycles. The Morgan fingerprint density at radius 1 is 1.45 bits per heavy atom. The Hall–Kier alpha value is -1.30. The molecule has 110 valence electrons. The number of imidazole rings is 1. The topological polar surface area (TPSA) is 70.0 Å². The highest BCUT2D eigenvalue weighted by atomic mass is 35.5. The molecule has 1 aliphatic heterocycles. The number of nitrogens with one attached hydrogen (secondary N) is 2. The number of aliphatic hydroxyl groups excluding tert-OH is 1. The SMILES string of the molecule is CC(C)NC1CCn2c(=O)[nH]c3cccc(c32)C1O.Cl. The Labute approximate surface area is 123 Å². The first kappa shape index (κ1) is 15.1. The minimum Gasteiger partial charge on any atom is -0.387 e. The van der Waals surface area contributed by atoms with Gasteiger partial charge >= 0.3 is 5.69 Å². The van der Waals surface area contributed by atoms with Gasteiger partial charge in [-0.1, -0.05) is 26.0 Å². The lowest BCUT2D eigenvalue weighted by atomic mass is 9.99. The number of halogens is 1. The number of para-hydroxylation sites is 1. The second kappa shape index (κ2) is 5.60. The van der Waals surface area contributed by atoms with Gasteiger partial charge in [-0.3, -0.25) is 4.57 Å². The molecule has 1 aromatic carbocycles. The molecule has 2 heterocycles. The number of aryl methyl sites for hydroxylation is 1. The first-order valence-electron chi connectivity index (χ1n) is 6.73. The number of rotatable bonds is 2. The van der Waals surface area contributed by atoms with Crippen molar-refractivity contribution in [2.75, 3.05) is 0 Å². The summed E-state index contributed by atoms with van der Waals surface area (Å²) < 4.78 is 1.73. The summed E-state index contributed by atoms with van der Waals surface area (Å²) in [5, 5.41) is 14.0. The van der Waals surface area contributed by atoms with Crippen molar-refractivity contribution in [1.82, 2.24) is 14.9 Å². The zero-order chi connectivity index (χ0) is 13.6. The van der Waals surface area contributed by atoms with Crippen LogP contribution in [0.1, 0.15) is 31.9 Å². The maximum absolute atomic E-state index is 11.9. The minimum absolute atomic E-state index is 0. The van der Waals surface area contributed by atoms with Crippen LogP contribution in [0.25, 0.3) is 11.0 Å². The van der Waals surface area contributed by atoms with E-state index in [4.69, 9.17) is 0 Å². The summed E-state index contributed by atoms with van der Waals surface area (Å²) in [6.45, 7) is 4.74. The second-order valence-corrected chi connectivity index (χ2v) is 5.49. The van der Waals surface area contributed by atoms with E-state index in [9.17, 15) is 9.90 Å². The minimum atomic E-state index is -0.588. The highest BCUT2D eigenvalue weighted by Gasteiger charge is 2.28. The Bertz CT molecular complexity index is 662. The monoisotopic (exact) mass is 297 g/mol. The van der Waals surface area contributed by atoms with Crippen molar-refractivity contribution in [3.8, 4) is 0 Å². The van der Waals surface area contributed by atoms with Gasteiger partial charge in [0, 0.05) is 24.2 Å². The zero-order valence-corrected chi connectivity index (χ0v) is 12.4. The molecule has 20 heavy (non-hydrogen) atoms. The van der Waals surface area contributed by atoms with Crippen molar-refractivity contribution < 1.29 is 5.11 Å². The number of hydrogen-bond donors (Lipinski definition) is 3. The molecule has 0 aliphatic carbocycles. The lowest BCUT2D eigenvalue weighted by molar-refractivity contribution is 0.121. The van der Waals surface area contributed by atoms with Crippen LogP contribution in [0, 0.1) is 0 Å². The van der Waals surface area contributed by atoms with E-state index in [0.29, 0.717) is 12.6 Å². The maximum Gasteiger partial charge on any atom is 0.326 e. The van der Waals surface area contributed by atoms with Gasteiger partial charge in [-0.15, -0.1) is 12.4 Å². The van der Waals surface area contributed by atoms with Crippen LogP contribution < -0.4 is 11.0 Å². The van der Waals surface area contributed by atoms with Gasteiger partial charge in [0.15, 0.2) is 0 Å². The predicted molar refractivity (Wildman–Crippen MR) is 81.4 cm³/mol. The summed E-state index contributed by atoms with van der Waals surface area (Å²) in [6.07, 6.45) is 0.149. The van der Waals surface area contributed by atoms with Crippen molar-refractivity contribution in [1.29, 1.82) is 0 Å². The van der Waals surface area contributed by atoms with Crippen molar-refractivity contribution in [3.63, 3.8) is 0 Å². The van der Waals surface area contributed by atoms with E-state index in [1.807, 2.05) is 18.2 Å². The Morgan fingerprint density at radius 3 is 2.90 bits per heavy atom. The van der Waals surface area contributed by atoms with E-state index in [1.54, 1.807) is 4.57 Å². The molecular formula is C14H20ClN3O2. The molecule has 3 rings (SSSR count). The van der Waals surface area contributed by atoms with Crippen LogP contribution in [0.15, 0.2) is 23.0 Å². The van der Waals surface area contributed by atoms with E-state index < -0.39 is 6.10 Å². The lowest BCUT2D eigenvalue weighted by Crippen LogP contribution is -2.39. The summed E-state index contributed by atoms with van der Waals surface area (Å²) in [5.74, 6) is 0. The molecule has 3 N–H and O–H groups in total. The van der Waals surface area contributed by atoms with Crippen LogP contribution in [0.4, 0.5) is 0 Å². The van der Waals surface area contributed by atoms with Gasteiger partial charge in [0.25, 0.3) is 0 Å². The normalized spacial score (nSPS) is 21.8. The van der Waals surface area contributed by atoms with Gasteiger partial charge in [-0.2, -0.15) is 0 Å². The lowest BCUT2D eigenvalue weighted by Gasteiger charge is -2.24. The molecule has 1 aromatic heterocycles. The fourth-order valence-corrected chi connectivity index (χ4v) is 2.95. The fourth-order valence-electron chi connectivity index (χ4n) is 2.95. The standard InChI is InChI=1S/C14H19N3O2.ClH/c1-8(2)15-11-6-7-17-12-9(13(11)18)4-3-5-10(12)16-14(17)19;/h3-5,8,11,13,15,18H,6-7H2,1-2H3,(H,16,19);1H. The molecule has 0 saturated heterocycles. The van der Waals surface area contributed by atoms with Crippen molar-refractivity contribution in [3.05, 3.63) is 34.2 Å². The number of aromatic nitrogens is 2. The number of hydrogen-bond acceptors (Lipinski definition) is 3. The summed E-state index contributed by atoms with van der Waals surface area (Å²) in [4.78, 5) is 14.8. The van der Waals surface area contributed by atoms with Crippen molar-refractivity contribution in [2.24, 2.45) is 0 Å². The predicted octanol–water partition coefficient (Wildman–Crippen LogP) is 1.56. The van der Waals surface area contributed by atoms with Crippen molar-refractivity contribution in [2.45, 2.75) is 45.0 Å². The average molecular weight is 298 g/mol. The molecule has 2 unspecified atom stereocenters. The number of benzene rings is 1. The number of nitrogens with zero attached hydrogens (tertiary/aromatic N) is 1. The van der Waals surface area contributed by atoms with Gasteiger partial charge in [-0.25, -0.2) is 4.79 Å². The highest BCUT2D eigenvalue weighted by molar-refractivity contribution is 5.85. The largest absolute Gasteiger partial charge is 0.387 e. The van der Waals surface area contributed by atoms with Crippen molar-refractivity contribution >= 4 is 23.4 Å². The quantitative estimate of drug-likeness (QED) is 0.788. The molecule has 0 fully saturated rings. The summed E-state index contributed by atoms with van der Waals surface area (Å²) in [6, 6.07) is 5.93.